The van der Waals surface area contributed by atoms with Gasteiger partial charge in [-0.3, -0.25) is 9.48 Å². The molecule has 1 amide bonds. The van der Waals surface area contributed by atoms with Crippen molar-refractivity contribution in [2.45, 2.75) is 33.4 Å². The monoisotopic (exact) mass is 337 g/mol. The van der Waals surface area contributed by atoms with E-state index in [0.717, 1.165) is 34.2 Å². The van der Waals surface area contributed by atoms with Crippen LogP contribution in [0.4, 0.5) is 0 Å². The molecule has 0 saturated carbocycles. The van der Waals surface area contributed by atoms with Crippen LogP contribution in [0.5, 0.6) is 5.75 Å². The van der Waals surface area contributed by atoms with E-state index in [0.29, 0.717) is 13.2 Å². The Balaban J connectivity index is 1.56. The van der Waals surface area contributed by atoms with Crippen molar-refractivity contribution in [1.29, 1.82) is 0 Å². The minimum Gasteiger partial charge on any atom is -0.494 e. The second-order valence-corrected chi connectivity index (χ2v) is 6.13. The maximum atomic E-state index is 12.2. The first-order valence-corrected chi connectivity index (χ1v) is 8.56. The van der Waals surface area contributed by atoms with Gasteiger partial charge in [-0.2, -0.15) is 5.10 Å². The summed E-state index contributed by atoms with van der Waals surface area (Å²) in [5, 5.41) is 8.29. The fraction of sp³-hybridized carbons (Fsp3) is 0.300. The molecular formula is C20H23N3O2. The van der Waals surface area contributed by atoms with Crippen LogP contribution < -0.4 is 10.1 Å². The number of ether oxygens (including phenoxy) is 1. The lowest BCUT2D eigenvalue weighted by atomic mass is 10.2. The SMILES string of the molecule is CCCOc1ccc(CNC(=O)Cn2ncc3ccc(C)cc32)cc1. The predicted octanol–water partition coefficient (Wildman–Crippen LogP) is 3.45. The third-order valence-corrected chi connectivity index (χ3v) is 3.98. The van der Waals surface area contributed by atoms with Crippen LogP contribution in [0.2, 0.25) is 0 Å². The lowest BCUT2D eigenvalue weighted by Gasteiger charge is -2.08. The lowest BCUT2D eigenvalue weighted by molar-refractivity contribution is -0.121. The fourth-order valence-corrected chi connectivity index (χ4v) is 2.62. The summed E-state index contributed by atoms with van der Waals surface area (Å²) < 4.78 is 7.29. The minimum atomic E-state index is -0.0576. The van der Waals surface area contributed by atoms with Crippen molar-refractivity contribution in [3.63, 3.8) is 0 Å². The first kappa shape index (κ1) is 17.0. The van der Waals surface area contributed by atoms with Gasteiger partial charge in [0.25, 0.3) is 0 Å². The number of carbonyl (C=O) groups is 1. The third kappa shape index (κ3) is 4.38. The molecule has 1 aromatic heterocycles. The molecule has 1 N–H and O–H groups in total. The molecule has 25 heavy (non-hydrogen) atoms. The average Bonchev–Trinajstić information content (AvgIpc) is 3.01. The summed E-state index contributed by atoms with van der Waals surface area (Å²) >= 11 is 0. The molecule has 0 bridgehead atoms. The molecule has 0 radical (unpaired) electrons. The molecule has 0 fully saturated rings. The standard InChI is InChI=1S/C20H23N3O2/c1-3-10-25-18-8-5-16(6-9-18)12-21-20(24)14-23-19-11-15(2)4-7-17(19)13-22-23/h4-9,11,13H,3,10,12,14H2,1-2H3,(H,21,24). The number of nitrogens with one attached hydrogen (secondary N) is 1. The Bertz CT molecular complexity index is 853. The van der Waals surface area contributed by atoms with Gasteiger partial charge in [0.15, 0.2) is 0 Å². The molecular weight excluding hydrogens is 314 g/mol. The molecule has 3 rings (SSSR count). The molecule has 0 unspecified atom stereocenters. The molecule has 0 atom stereocenters. The van der Waals surface area contributed by atoms with E-state index in [1.165, 1.54) is 0 Å². The zero-order chi connectivity index (χ0) is 17.6. The number of rotatable bonds is 7. The molecule has 0 saturated heterocycles. The molecule has 0 aliphatic carbocycles. The molecule has 0 aliphatic heterocycles. The van der Waals surface area contributed by atoms with Gasteiger partial charge in [0.05, 0.1) is 18.3 Å². The zero-order valence-electron chi connectivity index (χ0n) is 14.7. The van der Waals surface area contributed by atoms with E-state index in [-0.39, 0.29) is 12.5 Å². The van der Waals surface area contributed by atoms with Crippen LogP contribution in [0.3, 0.4) is 0 Å². The highest BCUT2D eigenvalue weighted by Gasteiger charge is 2.08. The summed E-state index contributed by atoms with van der Waals surface area (Å²) in [4.78, 5) is 12.2. The van der Waals surface area contributed by atoms with Gasteiger partial charge in [0.1, 0.15) is 12.3 Å². The quantitative estimate of drug-likeness (QED) is 0.718. The van der Waals surface area contributed by atoms with Crippen LogP contribution in [0, 0.1) is 6.92 Å². The second-order valence-electron chi connectivity index (χ2n) is 6.13. The van der Waals surface area contributed by atoms with Crippen molar-refractivity contribution >= 4 is 16.8 Å². The first-order chi connectivity index (χ1) is 12.2. The Morgan fingerprint density at radius 2 is 2.00 bits per heavy atom. The van der Waals surface area contributed by atoms with Gasteiger partial charge in [-0.25, -0.2) is 0 Å². The Labute approximate surface area is 147 Å². The maximum absolute atomic E-state index is 12.2. The Kier molecular flexibility index (Phi) is 5.33. The Hall–Kier alpha value is -2.82. The fourth-order valence-electron chi connectivity index (χ4n) is 2.62. The number of hydrogen-bond donors (Lipinski definition) is 1. The number of aromatic nitrogens is 2. The number of hydrogen-bond acceptors (Lipinski definition) is 3. The van der Waals surface area contributed by atoms with Crippen molar-refractivity contribution in [2.24, 2.45) is 0 Å². The predicted molar refractivity (Wildman–Crippen MR) is 98.5 cm³/mol. The second kappa shape index (κ2) is 7.83. The summed E-state index contributed by atoms with van der Waals surface area (Å²) in [6.45, 7) is 5.53. The summed E-state index contributed by atoms with van der Waals surface area (Å²) in [7, 11) is 0. The summed E-state index contributed by atoms with van der Waals surface area (Å²) in [5.41, 5.74) is 3.17. The van der Waals surface area contributed by atoms with Gasteiger partial charge < -0.3 is 10.1 Å². The van der Waals surface area contributed by atoms with Gasteiger partial charge in [-0.05, 0) is 42.7 Å². The summed E-state index contributed by atoms with van der Waals surface area (Å²) in [6.07, 6.45) is 2.77. The van der Waals surface area contributed by atoms with Crippen LogP contribution in [-0.2, 0) is 17.9 Å². The van der Waals surface area contributed by atoms with E-state index in [1.54, 1.807) is 10.9 Å². The van der Waals surface area contributed by atoms with Gasteiger partial charge in [-0.15, -0.1) is 0 Å². The normalized spacial score (nSPS) is 10.8. The van der Waals surface area contributed by atoms with E-state index in [2.05, 4.69) is 17.3 Å². The lowest BCUT2D eigenvalue weighted by Crippen LogP contribution is -2.27. The van der Waals surface area contributed by atoms with Crippen molar-refractivity contribution < 1.29 is 9.53 Å². The molecule has 0 spiro atoms. The Morgan fingerprint density at radius 1 is 1.20 bits per heavy atom. The molecule has 0 aliphatic rings. The summed E-state index contributed by atoms with van der Waals surface area (Å²) in [6, 6.07) is 13.9. The molecule has 1 heterocycles. The van der Waals surface area contributed by atoms with E-state index < -0.39 is 0 Å². The van der Waals surface area contributed by atoms with Crippen molar-refractivity contribution in [3.05, 3.63) is 59.8 Å². The minimum absolute atomic E-state index is 0.0576. The van der Waals surface area contributed by atoms with Gasteiger partial charge in [0.2, 0.25) is 5.91 Å². The highest BCUT2D eigenvalue weighted by Crippen LogP contribution is 2.15. The van der Waals surface area contributed by atoms with Crippen LogP contribution >= 0.6 is 0 Å². The molecule has 3 aromatic rings. The van der Waals surface area contributed by atoms with E-state index in [4.69, 9.17) is 4.74 Å². The Morgan fingerprint density at radius 3 is 2.76 bits per heavy atom. The summed E-state index contributed by atoms with van der Waals surface area (Å²) in [5.74, 6) is 0.799. The molecule has 5 heteroatoms. The van der Waals surface area contributed by atoms with Crippen molar-refractivity contribution in [3.8, 4) is 5.75 Å². The third-order valence-electron chi connectivity index (χ3n) is 3.98. The largest absolute Gasteiger partial charge is 0.494 e. The number of nitrogens with zero attached hydrogens (tertiary/aromatic N) is 2. The van der Waals surface area contributed by atoms with Gasteiger partial charge in [-0.1, -0.05) is 31.2 Å². The van der Waals surface area contributed by atoms with Crippen LogP contribution in [0.15, 0.2) is 48.7 Å². The van der Waals surface area contributed by atoms with Crippen LogP contribution in [-0.4, -0.2) is 22.3 Å². The number of aryl methyl sites for hydroxylation is 1. The number of fused-ring (bicyclic) bond motifs is 1. The maximum Gasteiger partial charge on any atom is 0.242 e. The van der Waals surface area contributed by atoms with E-state index in [1.807, 2.05) is 49.4 Å². The number of amides is 1. The average molecular weight is 337 g/mol. The highest BCUT2D eigenvalue weighted by molar-refractivity contribution is 5.82. The van der Waals surface area contributed by atoms with E-state index >= 15 is 0 Å². The zero-order valence-corrected chi connectivity index (χ0v) is 14.7. The van der Waals surface area contributed by atoms with Crippen LogP contribution in [0.25, 0.3) is 10.9 Å². The highest BCUT2D eigenvalue weighted by atomic mass is 16.5. The first-order valence-electron chi connectivity index (χ1n) is 8.56. The van der Waals surface area contributed by atoms with Gasteiger partial charge >= 0.3 is 0 Å². The van der Waals surface area contributed by atoms with Gasteiger partial charge in [0, 0.05) is 11.9 Å². The topological polar surface area (TPSA) is 56.1 Å². The van der Waals surface area contributed by atoms with Crippen molar-refractivity contribution in [2.75, 3.05) is 6.61 Å². The number of benzene rings is 2. The smallest absolute Gasteiger partial charge is 0.242 e. The molecule has 130 valence electrons. The van der Waals surface area contributed by atoms with Crippen molar-refractivity contribution in [1.82, 2.24) is 15.1 Å². The number of carbonyl (C=O) groups excluding carboxylic acids is 1. The molecule has 2 aromatic carbocycles. The van der Waals surface area contributed by atoms with Crippen LogP contribution in [0.1, 0.15) is 24.5 Å². The molecule has 5 nitrogen and oxygen atoms in total. The van der Waals surface area contributed by atoms with E-state index in [9.17, 15) is 4.79 Å².